The molecule has 20 heavy (non-hydrogen) atoms. The number of amides is 1. The summed E-state index contributed by atoms with van der Waals surface area (Å²) < 4.78 is 13.6. The molecule has 4 heteroatoms. The Bertz CT molecular complexity index is 659. The zero-order valence-corrected chi connectivity index (χ0v) is 10.9. The Morgan fingerprint density at radius 2 is 1.85 bits per heavy atom. The van der Waals surface area contributed by atoms with Crippen molar-refractivity contribution in [1.82, 2.24) is 5.32 Å². The summed E-state index contributed by atoms with van der Waals surface area (Å²) >= 11 is 0. The summed E-state index contributed by atoms with van der Waals surface area (Å²) in [7, 11) is 0. The number of hydrogen-bond donors (Lipinski definition) is 1. The predicted molar refractivity (Wildman–Crippen MR) is 73.4 cm³/mol. The Morgan fingerprint density at radius 3 is 2.45 bits per heavy atom. The predicted octanol–water partition coefficient (Wildman–Crippen LogP) is 3.19. The standard InChI is InChI=1S/C16H13FN2O/c1-11(14-4-2-3-5-15(14)17)19-16(20)13-8-6-12(10-18)7-9-13/h2-9,11H,1H3,(H,19,20)/t11-/m0/s1. The Morgan fingerprint density at radius 1 is 1.20 bits per heavy atom. The monoisotopic (exact) mass is 268 g/mol. The minimum absolute atomic E-state index is 0.301. The lowest BCUT2D eigenvalue weighted by Crippen LogP contribution is -2.27. The largest absolute Gasteiger partial charge is 0.345 e. The SMILES string of the molecule is C[C@H](NC(=O)c1ccc(C#N)cc1)c1ccccc1F. The average Bonchev–Trinajstić information content (AvgIpc) is 2.47. The van der Waals surface area contributed by atoms with E-state index >= 15 is 0 Å². The second kappa shape index (κ2) is 5.98. The maximum atomic E-state index is 13.6. The molecule has 0 aliphatic heterocycles. The molecule has 100 valence electrons. The molecule has 2 aromatic carbocycles. The van der Waals surface area contributed by atoms with Gasteiger partial charge < -0.3 is 5.32 Å². The Hall–Kier alpha value is -2.67. The molecule has 2 aromatic rings. The van der Waals surface area contributed by atoms with Gasteiger partial charge in [-0.1, -0.05) is 18.2 Å². The molecule has 0 fully saturated rings. The van der Waals surface area contributed by atoms with E-state index in [1.54, 1.807) is 49.4 Å². The highest BCUT2D eigenvalue weighted by molar-refractivity contribution is 5.94. The van der Waals surface area contributed by atoms with Gasteiger partial charge in [-0.25, -0.2) is 4.39 Å². The van der Waals surface area contributed by atoms with E-state index in [2.05, 4.69) is 5.32 Å². The van der Waals surface area contributed by atoms with E-state index < -0.39 is 6.04 Å². The lowest BCUT2D eigenvalue weighted by atomic mass is 10.1. The third-order valence-corrected chi connectivity index (χ3v) is 3.00. The van der Waals surface area contributed by atoms with Crippen LogP contribution in [0.3, 0.4) is 0 Å². The molecule has 0 heterocycles. The minimum Gasteiger partial charge on any atom is -0.345 e. The fourth-order valence-corrected chi connectivity index (χ4v) is 1.88. The van der Waals surface area contributed by atoms with Crippen LogP contribution in [0.5, 0.6) is 0 Å². The van der Waals surface area contributed by atoms with Crippen molar-refractivity contribution >= 4 is 5.91 Å². The molecule has 2 rings (SSSR count). The van der Waals surface area contributed by atoms with Gasteiger partial charge in [0.1, 0.15) is 5.82 Å². The second-order valence-electron chi connectivity index (χ2n) is 4.41. The number of nitrogens with zero attached hydrogens (tertiary/aromatic N) is 1. The summed E-state index contributed by atoms with van der Waals surface area (Å²) in [5.41, 5.74) is 1.37. The van der Waals surface area contributed by atoms with Gasteiger partial charge in [0.05, 0.1) is 17.7 Å². The molecule has 0 saturated carbocycles. The summed E-state index contributed by atoms with van der Waals surface area (Å²) in [6.45, 7) is 1.72. The maximum absolute atomic E-state index is 13.6. The number of rotatable bonds is 3. The van der Waals surface area contributed by atoms with E-state index in [9.17, 15) is 9.18 Å². The molecule has 0 saturated heterocycles. The van der Waals surface area contributed by atoms with Crippen LogP contribution in [0.25, 0.3) is 0 Å². The van der Waals surface area contributed by atoms with Crippen LogP contribution < -0.4 is 5.32 Å². The van der Waals surface area contributed by atoms with Gasteiger partial charge >= 0.3 is 0 Å². The van der Waals surface area contributed by atoms with Crippen molar-refractivity contribution in [1.29, 1.82) is 5.26 Å². The summed E-state index contributed by atoms with van der Waals surface area (Å²) in [6.07, 6.45) is 0. The van der Waals surface area contributed by atoms with Crippen LogP contribution in [0.2, 0.25) is 0 Å². The van der Waals surface area contributed by atoms with Crippen LogP contribution in [0.1, 0.15) is 34.5 Å². The number of carbonyl (C=O) groups excluding carboxylic acids is 1. The molecular formula is C16H13FN2O. The van der Waals surface area contributed by atoms with E-state index in [0.717, 1.165) is 0 Å². The summed E-state index contributed by atoms with van der Waals surface area (Å²) in [6, 6.07) is 14.2. The van der Waals surface area contributed by atoms with Gasteiger partial charge in [0.25, 0.3) is 5.91 Å². The summed E-state index contributed by atoms with van der Waals surface area (Å²) in [5.74, 6) is -0.648. The first kappa shape index (κ1) is 13.8. The molecule has 0 radical (unpaired) electrons. The smallest absolute Gasteiger partial charge is 0.251 e. The molecule has 3 nitrogen and oxygen atoms in total. The normalized spacial score (nSPS) is 11.4. The highest BCUT2D eigenvalue weighted by Gasteiger charge is 2.14. The van der Waals surface area contributed by atoms with Crippen LogP contribution in [-0.2, 0) is 0 Å². The van der Waals surface area contributed by atoms with Crippen LogP contribution in [0.4, 0.5) is 4.39 Å². The highest BCUT2D eigenvalue weighted by atomic mass is 19.1. The first-order valence-corrected chi connectivity index (χ1v) is 6.17. The van der Waals surface area contributed by atoms with E-state index in [-0.39, 0.29) is 11.7 Å². The molecule has 0 aliphatic carbocycles. The number of nitriles is 1. The second-order valence-corrected chi connectivity index (χ2v) is 4.41. The van der Waals surface area contributed by atoms with Gasteiger partial charge in [-0.15, -0.1) is 0 Å². The van der Waals surface area contributed by atoms with Crippen LogP contribution in [0, 0.1) is 17.1 Å². The molecule has 1 N–H and O–H groups in total. The zero-order valence-electron chi connectivity index (χ0n) is 10.9. The topological polar surface area (TPSA) is 52.9 Å². The van der Waals surface area contributed by atoms with E-state index in [1.807, 2.05) is 6.07 Å². The maximum Gasteiger partial charge on any atom is 0.251 e. The van der Waals surface area contributed by atoms with Gasteiger partial charge in [0, 0.05) is 11.1 Å². The molecule has 0 aliphatic rings. The quantitative estimate of drug-likeness (QED) is 0.929. The Labute approximate surface area is 116 Å². The number of benzene rings is 2. The van der Waals surface area contributed by atoms with Crippen molar-refractivity contribution in [2.24, 2.45) is 0 Å². The van der Waals surface area contributed by atoms with Crippen LogP contribution >= 0.6 is 0 Å². The van der Waals surface area contributed by atoms with Crippen LogP contribution in [0.15, 0.2) is 48.5 Å². The molecule has 0 unspecified atom stereocenters. The molecule has 0 bridgehead atoms. The molecule has 0 spiro atoms. The van der Waals surface area contributed by atoms with Crippen molar-refractivity contribution in [2.75, 3.05) is 0 Å². The van der Waals surface area contributed by atoms with E-state index in [1.165, 1.54) is 6.07 Å². The van der Waals surface area contributed by atoms with Gasteiger partial charge in [-0.3, -0.25) is 4.79 Å². The summed E-state index contributed by atoms with van der Waals surface area (Å²) in [5, 5.41) is 11.4. The molecule has 1 atom stereocenters. The van der Waals surface area contributed by atoms with Crippen molar-refractivity contribution in [2.45, 2.75) is 13.0 Å². The van der Waals surface area contributed by atoms with Gasteiger partial charge in [-0.2, -0.15) is 5.26 Å². The van der Waals surface area contributed by atoms with Crippen molar-refractivity contribution in [3.63, 3.8) is 0 Å². The van der Waals surface area contributed by atoms with Gasteiger partial charge in [-0.05, 0) is 37.3 Å². The number of nitrogens with one attached hydrogen (secondary N) is 1. The number of hydrogen-bond acceptors (Lipinski definition) is 2. The van der Waals surface area contributed by atoms with E-state index in [4.69, 9.17) is 5.26 Å². The Kier molecular flexibility index (Phi) is 4.11. The number of halogens is 1. The Balaban J connectivity index is 2.11. The first-order chi connectivity index (χ1) is 9.61. The molecular weight excluding hydrogens is 255 g/mol. The van der Waals surface area contributed by atoms with Crippen molar-refractivity contribution < 1.29 is 9.18 Å². The van der Waals surface area contributed by atoms with Crippen LogP contribution in [-0.4, -0.2) is 5.91 Å². The fraction of sp³-hybridized carbons (Fsp3) is 0.125. The average molecular weight is 268 g/mol. The zero-order chi connectivity index (χ0) is 14.5. The van der Waals surface area contributed by atoms with Crippen molar-refractivity contribution in [3.05, 3.63) is 71.0 Å². The van der Waals surface area contributed by atoms with E-state index in [0.29, 0.717) is 16.7 Å². The lowest BCUT2D eigenvalue weighted by Gasteiger charge is -2.15. The number of carbonyl (C=O) groups is 1. The van der Waals surface area contributed by atoms with Crippen molar-refractivity contribution in [3.8, 4) is 6.07 Å². The van der Waals surface area contributed by atoms with Gasteiger partial charge in [0.2, 0.25) is 0 Å². The first-order valence-electron chi connectivity index (χ1n) is 6.17. The minimum atomic E-state index is -0.431. The molecule has 1 amide bonds. The summed E-state index contributed by atoms with van der Waals surface area (Å²) in [4.78, 5) is 12.0. The fourth-order valence-electron chi connectivity index (χ4n) is 1.88. The molecule has 0 aromatic heterocycles. The lowest BCUT2D eigenvalue weighted by molar-refractivity contribution is 0.0939. The van der Waals surface area contributed by atoms with Gasteiger partial charge in [0.15, 0.2) is 0 Å². The highest BCUT2D eigenvalue weighted by Crippen LogP contribution is 2.16. The third kappa shape index (κ3) is 3.01. The third-order valence-electron chi connectivity index (χ3n) is 3.00.